The number of amides is 1. The summed E-state index contributed by atoms with van der Waals surface area (Å²) in [6, 6.07) is 8.02. The number of aromatic amines is 1. The number of nitrogen functional groups attached to an aromatic ring is 1. The molecular formula is C25H24F2N6O3. The molecule has 4 N–H and O–H groups in total. The van der Waals surface area contributed by atoms with Gasteiger partial charge in [-0.25, -0.2) is 18.6 Å². The highest BCUT2D eigenvalue weighted by Crippen LogP contribution is 2.37. The fourth-order valence-corrected chi connectivity index (χ4v) is 4.74. The van der Waals surface area contributed by atoms with Crippen LogP contribution in [0.1, 0.15) is 53.2 Å². The number of nitrogens with zero attached hydrogens (tertiary/aromatic N) is 3. The van der Waals surface area contributed by atoms with Crippen molar-refractivity contribution in [2.75, 3.05) is 12.8 Å². The minimum absolute atomic E-state index is 0.00770. The molecule has 5 rings (SSSR count). The summed E-state index contributed by atoms with van der Waals surface area (Å²) >= 11 is 0. The molecule has 0 spiro atoms. The highest BCUT2D eigenvalue weighted by molar-refractivity contribution is 5.97. The number of fused-ring (bicyclic) bond motifs is 1. The molecule has 0 bridgehead atoms. The Balaban J connectivity index is 1.45. The van der Waals surface area contributed by atoms with Gasteiger partial charge in [-0.1, -0.05) is 18.9 Å². The number of H-pyrrole nitrogens is 1. The molecule has 0 radical (unpaired) electrons. The third kappa shape index (κ3) is 4.16. The molecule has 0 aliphatic heterocycles. The van der Waals surface area contributed by atoms with Crippen molar-refractivity contribution in [2.24, 2.45) is 0 Å². The first kappa shape index (κ1) is 23.5. The van der Waals surface area contributed by atoms with Crippen LogP contribution in [0.15, 0.2) is 41.2 Å². The number of hydrogen-bond donors (Lipinski definition) is 3. The third-order valence-corrected chi connectivity index (χ3v) is 6.50. The molecule has 9 nitrogen and oxygen atoms in total. The lowest BCUT2D eigenvalue weighted by molar-refractivity contribution is 0.0947. The predicted octanol–water partition coefficient (Wildman–Crippen LogP) is 3.57. The first-order valence-electron chi connectivity index (χ1n) is 11.5. The molecule has 2 heterocycles. The number of methoxy groups -OCH3 is 1. The van der Waals surface area contributed by atoms with Crippen LogP contribution in [0.25, 0.3) is 16.6 Å². The summed E-state index contributed by atoms with van der Waals surface area (Å²) in [5, 5.41) is 13.8. The van der Waals surface area contributed by atoms with Gasteiger partial charge in [0.2, 0.25) is 0 Å². The van der Waals surface area contributed by atoms with Gasteiger partial charge in [0.25, 0.3) is 11.5 Å². The zero-order chi connectivity index (χ0) is 25.4. The molecule has 2 aromatic heterocycles. The topological polar surface area (TPSA) is 128 Å². The quantitative estimate of drug-likeness (QED) is 0.376. The lowest BCUT2D eigenvalue weighted by Crippen LogP contribution is -2.23. The minimum atomic E-state index is -0.618. The van der Waals surface area contributed by atoms with Crippen molar-refractivity contribution >= 4 is 22.6 Å². The number of carbonyl (C=O) groups is 1. The summed E-state index contributed by atoms with van der Waals surface area (Å²) in [7, 11) is 1.38. The molecule has 1 saturated carbocycles. The molecule has 1 aliphatic rings. The highest BCUT2D eigenvalue weighted by Gasteiger charge is 2.27. The van der Waals surface area contributed by atoms with Crippen LogP contribution in [0.3, 0.4) is 0 Å². The summed E-state index contributed by atoms with van der Waals surface area (Å²) in [4.78, 5) is 25.2. The Hall–Kier alpha value is -4.28. The first-order valence-corrected chi connectivity index (χ1v) is 11.5. The SMILES string of the molecule is COc1ccc(F)cc1C(=O)NCc1ccc(-n2nc(C3CCCC3)c3c(=O)[nH]nc(N)c32)c(F)c1. The molecule has 2 aromatic carbocycles. The summed E-state index contributed by atoms with van der Waals surface area (Å²) in [5.74, 6) is -1.40. The van der Waals surface area contributed by atoms with E-state index in [0.29, 0.717) is 16.6 Å². The molecule has 1 aliphatic carbocycles. The first-order chi connectivity index (χ1) is 17.4. The molecule has 0 saturated heterocycles. The fourth-order valence-electron chi connectivity index (χ4n) is 4.74. The van der Waals surface area contributed by atoms with Crippen LogP contribution in [-0.4, -0.2) is 33.0 Å². The van der Waals surface area contributed by atoms with E-state index in [9.17, 15) is 14.0 Å². The summed E-state index contributed by atoms with van der Waals surface area (Å²) < 4.78 is 35.4. The van der Waals surface area contributed by atoms with Crippen molar-refractivity contribution in [2.45, 2.75) is 38.1 Å². The van der Waals surface area contributed by atoms with E-state index in [1.54, 1.807) is 6.07 Å². The van der Waals surface area contributed by atoms with Gasteiger partial charge in [-0.3, -0.25) is 9.59 Å². The minimum Gasteiger partial charge on any atom is -0.496 e. The van der Waals surface area contributed by atoms with E-state index in [-0.39, 0.29) is 40.8 Å². The Bertz CT molecular complexity index is 1520. The van der Waals surface area contributed by atoms with Crippen molar-refractivity contribution in [3.63, 3.8) is 0 Å². The van der Waals surface area contributed by atoms with Crippen molar-refractivity contribution in [3.05, 3.63) is 75.2 Å². The van der Waals surface area contributed by atoms with Gasteiger partial charge in [-0.05, 0) is 48.7 Å². The molecule has 11 heteroatoms. The molecule has 1 fully saturated rings. The number of rotatable bonds is 6. The van der Waals surface area contributed by atoms with E-state index in [4.69, 9.17) is 10.5 Å². The highest BCUT2D eigenvalue weighted by atomic mass is 19.1. The Kier molecular flexibility index (Phi) is 6.13. The zero-order valence-electron chi connectivity index (χ0n) is 19.5. The second-order valence-electron chi connectivity index (χ2n) is 8.75. The van der Waals surface area contributed by atoms with E-state index < -0.39 is 23.1 Å². The zero-order valence-corrected chi connectivity index (χ0v) is 19.5. The maximum absolute atomic E-state index is 15.3. The Labute approximate surface area is 204 Å². The van der Waals surface area contributed by atoms with Crippen LogP contribution < -0.4 is 21.3 Å². The summed E-state index contributed by atoms with van der Waals surface area (Å²) in [6.07, 6.45) is 3.86. The van der Waals surface area contributed by atoms with Gasteiger partial charge in [0.05, 0.1) is 23.8 Å². The van der Waals surface area contributed by atoms with Gasteiger partial charge >= 0.3 is 0 Å². The van der Waals surface area contributed by atoms with Crippen LogP contribution in [0, 0.1) is 11.6 Å². The number of halogens is 2. The molecule has 186 valence electrons. The average molecular weight is 495 g/mol. The van der Waals surface area contributed by atoms with E-state index >= 15 is 4.39 Å². The van der Waals surface area contributed by atoms with Crippen LogP contribution in [0.4, 0.5) is 14.6 Å². The molecule has 1 amide bonds. The van der Waals surface area contributed by atoms with Gasteiger partial charge in [0.1, 0.15) is 28.6 Å². The molecule has 0 atom stereocenters. The Morgan fingerprint density at radius 1 is 1.22 bits per heavy atom. The fraction of sp³-hybridized carbons (Fsp3) is 0.280. The number of ether oxygens (including phenoxy) is 1. The third-order valence-electron chi connectivity index (χ3n) is 6.50. The number of anilines is 1. The maximum Gasteiger partial charge on any atom is 0.275 e. The maximum atomic E-state index is 15.3. The van der Waals surface area contributed by atoms with Crippen molar-refractivity contribution < 1.29 is 18.3 Å². The summed E-state index contributed by atoms with van der Waals surface area (Å²) in [5.41, 5.74) is 7.12. The number of hydrogen-bond acceptors (Lipinski definition) is 6. The lowest BCUT2D eigenvalue weighted by Gasteiger charge is -2.11. The van der Waals surface area contributed by atoms with E-state index in [2.05, 4.69) is 20.6 Å². The number of carbonyl (C=O) groups excluding carboxylic acids is 1. The number of nitrogens with one attached hydrogen (secondary N) is 2. The van der Waals surface area contributed by atoms with Crippen LogP contribution in [0.2, 0.25) is 0 Å². The largest absolute Gasteiger partial charge is 0.496 e. The number of benzene rings is 2. The van der Waals surface area contributed by atoms with E-state index in [0.717, 1.165) is 31.7 Å². The van der Waals surface area contributed by atoms with E-state index in [1.807, 2.05) is 0 Å². The predicted molar refractivity (Wildman–Crippen MR) is 129 cm³/mol. The summed E-state index contributed by atoms with van der Waals surface area (Å²) in [6.45, 7) is -0.00770. The van der Waals surface area contributed by atoms with E-state index in [1.165, 1.54) is 36.1 Å². The van der Waals surface area contributed by atoms with Gasteiger partial charge in [0, 0.05) is 12.5 Å². The van der Waals surface area contributed by atoms with Gasteiger partial charge in [-0.2, -0.15) is 10.2 Å². The monoisotopic (exact) mass is 494 g/mol. The van der Waals surface area contributed by atoms with Crippen LogP contribution in [0.5, 0.6) is 5.75 Å². The smallest absolute Gasteiger partial charge is 0.275 e. The van der Waals surface area contributed by atoms with Gasteiger partial charge in [0.15, 0.2) is 5.82 Å². The van der Waals surface area contributed by atoms with Gasteiger partial charge in [-0.15, -0.1) is 0 Å². The standard InChI is InChI=1S/C25H24F2N6O3/c1-36-19-9-7-15(26)11-16(19)24(34)29-12-13-6-8-18(17(27)10-13)33-22-20(25(35)31-30-23(22)28)21(32-33)14-4-2-3-5-14/h6-11,14H,2-5,12H2,1H3,(H2,28,30)(H,29,34)(H,31,35). The Morgan fingerprint density at radius 3 is 2.72 bits per heavy atom. The molecule has 36 heavy (non-hydrogen) atoms. The average Bonchev–Trinajstić information content (AvgIpc) is 3.54. The normalized spacial score (nSPS) is 13.9. The number of nitrogens with two attached hydrogens (primary N) is 1. The Morgan fingerprint density at radius 2 is 2.00 bits per heavy atom. The lowest BCUT2D eigenvalue weighted by atomic mass is 10.0. The van der Waals surface area contributed by atoms with Gasteiger partial charge < -0.3 is 15.8 Å². The molecule has 4 aromatic rings. The molecular weight excluding hydrogens is 470 g/mol. The second kappa shape index (κ2) is 9.40. The van der Waals surface area contributed by atoms with Crippen LogP contribution in [-0.2, 0) is 6.54 Å². The number of aromatic nitrogens is 4. The van der Waals surface area contributed by atoms with Crippen LogP contribution >= 0.6 is 0 Å². The van der Waals surface area contributed by atoms with Crippen molar-refractivity contribution in [1.82, 2.24) is 25.3 Å². The van der Waals surface area contributed by atoms with Crippen molar-refractivity contribution in [3.8, 4) is 11.4 Å². The second-order valence-corrected chi connectivity index (χ2v) is 8.75. The van der Waals surface area contributed by atoms with Crippen molar-refractivity contribution in [1.29, 1.82) is 0 Å². The molecule has 0 unspecified atom stereocenters.